The molecule has 1 aromatic carbocycles. The molecule has 0 saturated carbocycles. The van der Waals surface area contributed by atoms with Crippen LogP contribution in [-0.4, -0.2) is 38.4 Å². The molecule has 1 saturated heterocycles. The van der Waals surface area contributed by atoms with E-state index in [-0.39, 0.29) is 11.4 Å². The first-order chi connectivity index (χ1) is 9.24. The van der Waals surface area contributed by atoms with Crippen LogP contribution in [0, 0.1) is 0 Å². The third-order valence-corrected chi connectivity index (χ3v) is 5.60. The molecular weight excluding hydrogens is 348 g/mol. The topological polar surface area (TPSA) is 102 Å². The number of nitrogens with one attached hydrogen (secondary N) is 1. The number of nitrogens with two attached hydrogens (primary N) is 1. The molecule has 4 N–H and O–H groups in total. The van der Waals surface area contributed by atoms with Crippen molar-refractivity contribution in [2.45, 2.75) is 29.9 Å². The van der Waals surface area contributed by atoms with Crippen LogP contribution in [0.25, 0.3) is 0 Å². The molecule has 1 heterocycles. The van der Waals surface area contributed by atoms with Crippen molar-refractivity contribution < 1.29 is 18.3 Å². The van der Waals surface area contributed by atoms with E-state index in [9.17, 15) is 13.5 Å². The molecule has 0 bridgehead atoms. The summed E-state index contributed by atoms with van der Waals surface area (Å²) in [5.41, 5.74) is 4.92. The van der Waals surface area contributed by atoms with E-state index >= 15 is 0 Å². The smallest absolute Gasteiger partial charge is 0.240 e. The fraction of sp³-hybridized carbons (Fsp3) is 0.500. The number of benzene rings is 1. The molecule has 0 aliphatic carbocycles. The number of aliphatic hydroxyl groups is 1. The van der Waals surface area contributed by atoms with Crippen molar-refractivity contribution in [2.75, 3.05) is 18.9 Å². The van der Waals surface area contributed by atoms with Crippen LogP contribution in [-0.2, 0) is 14.8 Å². The number of ether oxygens (including phenoxy) is 1. The molecule has 20 heavy (non-hydrogen) atoms. The molecule has 0 aromatic heterocycles. The van der Waals surface area contributed by atoms with Gasteiger partial charge in [-0.15, -0.1) is 0 Å². The molecule has 2 atom stereocenters. The Kier molecular flexibility index (Phi) is 4.41. The summed E-state index contributed by atoms with van der Waals surface area (Å²) in [6.07, 6.45) is 0.00521. The van der Waals surface area contributed by atoms with Gasteiger partial charge in [-0.2, -0.15) is 0 Å². The number of hydrogen-bond acceptors (Lipinski definition) is 5. The Hall–Kier alpha value is -0.670. The molecule has 112 valence electrons. The Morgan fingerprint density at radius 3 is 2.85 bits per heavy atom. The van der Waals surface area contributed by atoms with Crippen molar-refractivity contribution in [3.63, 3.8) is 0 Å². The maximum Gasteiger partial charge on any atom is 0.240 e. The van der Waals surface area contributed by atoms with Crippen molar-refractivity contribution in [3.8, 4) is 0 Å². The molecule has 2 rings (SSSR count). The van der Waals surface area contributed by atoms with E-state index in [0.717, 1.165) is 0 Å². The van der Waals surface area contributed by atoms with E-state index in [1.807, 2.05) is 0 Å². The summed E-state index contributed by atoms with van der Waals surface area (Å²) in [6, 6.07) is 4.35. The first-order valence-corrected chi connectivity index (χ1v) is 8.41. The monoisotopic (exact) mass is 364 g/mol. The molecule has 0 amide bonds. The van der Waals surface area contributed by atoms with Crippen LogP contribution < -0.4 is 10.5 Å². The van der Waals surface area contributed by atoms with Gasteiger partial charge in [-0.05, 0) is 41.1 Å². The van der Waals surface area contributed by atoms with E-state index in [2.05, 4.69) is 20.7 Å². The molecular formula is C12H17BrN2O4S. The summed E-state index contributed by atoms with van der Waals surface area (Å²) in [7, 11) is -3.70. The maximum absolute atomic E-state index is 12.2. The summed E-state index contributed by atoms with van der Waals surface area (Å²) in [4.78, 5) is 0.0914. The fourth-order valence-electron chi connectivity index (χ4n) is 1.98. The Morgan fingerprint density at radius 2 is 2.30 bits per heavy atom. The van der Waals surface area contributed by atoms with Gasteiger partial charge >= 0.3 is 0 Å². The van der Waals surface area contributed by atoms with Crippen molar-refractivity contribution in [3.05, 3.63) is 22.7 Å². The third-order valence-electron chi connectivity index (χ3n) is 3.51. The van der Waals surface area contributed by atoms with Crippen molar-refractivity contribution in [1.82, 2.24) is 4.72 Å². The maximum atomic E-state index is 12.2. The van der Waals surface area contributed by atoms with Gasteiger partial charge in [-0.3, -0.25) is 0 Å². The summed E-state index contributed by atoms with van der Waals surface area (Å²) in [5, 5.41) is 10.3. The van der Waals surface area contributed by atoms with Gasteiger partial charge in [0.15, 0.2) is 0 Å². The van der Waals surface area contributed by atoms with Crippen molar-refractivity contribution >= 4 is 31.6 Å². The highest BCUT2D eigenvalue weighted by Crippen LogP contribution is 2.26. The molecule has 6 nitrogen and oxygen atoms in total. The number of sulfonamides is 1. The lowest BCUT2D eigenvalue weighted by Gasteiger charge is -2.26. The zero-order valence-electron chi connectivity index (χ0n) is 11.0. The lowest BCUT2D eigenvalue weighted by atomic mass is 9.97. The second-order valence-electron chi connectivity index (χ2n) is 4.87. The quantitative estimate of drug-likeness (QED) is 0.687. The van der Waals surface area contributed by atoms with Crippen LogP contribution in [0.1, 0.15) is 13.3 Å². The second-order valence-corrected chi connectivity index (χ2v) is 7.50. The van der Waals surface area contributed by atoms with Gasteiger partial charge in [-0.1, -0.05) is 0 Å². The average molecular weight is 365 g/mol. The largest absolute Gasteiger partial charge is 0.398 e. The zero-order chi connectivity index (χ0) is 15.0. The van der Waals surface area contributed by atoms with E-state index in [1.54, 1.807) is 6.92 Å². The van der Waals surface area contributed by atoms with Gasteiger partial charge in [0.05, 0.1) is 11.0 Å². The summed E-state index contributed by atoms with van der Waals surface area (Å²) < 4.78 is 32.5. The molecule has 0 radical (unpaired) electrons. The number of nitrogen functional groups attached to an aromatic ring is 1. The number of halogens is 1. The van der Waals surface area contributed by atoms with Gasteiger partial charge in [0.25, 0.3) is 0 Å². The fourth-order valence-corrected chi connectivity index (χ4v) is 3.64. The molecule has 1 aliphatic heterocycles. The highest BCUT2D eigenvalue weighted by Gasteiger charge is 2.40. The summed E-state index contributed by atoms with van der Waals surface area (Å²) >= 11 is 3.19. The first-order valence-electron chi connectivity index (χ1n) is 6.13. The summed E-state index contributed by atoms with van der Waals surface area (Å²) in [6.45, 7) is 2.06. The lowest BCUT2D eigenvalue weighted by Crippen LogP contribution is -2.47. The van der Waals surface area contributed by atoms with Crippen molar-refractivity contribution in [1.29, 1.82) is 0 Å². The van der Waals surface area contributed by atoms with Gasteiger partial charge in [0, 0.05) is 29.7 Å². The minimum Gasteiger partial charge on any atom is -0.398 e. The number of hydrogen-bond donors (Lipinski definition) is 3. The van der Waals surface area contributed by atoms with Crippen LogP contribution in [0.4, 0.5) is 5.69 Å². The highest BCUT2D eigenvalue weighted by atomic mass is 79.9. The third kappa shape index (κ3) is 3.15. The lowest BCUT2D eigenvalue weighted by molar-refractivity contribution is -0.0228. The molecule has 1 aliphatic rings. The van der Waals surface area contributed by atoms with Crippen LogP contribution in [0.5, 0.6) is 0 Å². The van der Waals surface area contributed by atoms with Crippen LogP contribution in [0.2, 0.25) is 0 Å². The minimum atomic E-state index is -3.70. The molecule has 1 fully saturated rings. The molecule has 8 heteroatoms. The molecule has 0 spiro atoms. The Morgan fingerprint density at radius 1 is 1.60 bits per heavy atom. The number of rotatable bonds is 4. The molecule has 2 unspecified atom stereocenters. The Labute approximate surface area is 126 Å². The summed E-state index contributed by atoms with van der Waals surface area (Å²) in [5.74, 6) is 0. The van der Waals surface area contributed by atoms with Crippen molar-refractivity contribution in [2.24, 2.45) is 0 Å². The first kappa shape index (κ1) is 15.7. The van der Waals surface area contributed by atoms with Gasteiger partial charge < -0.3 is 15.6 Å². The van der Waals surface area contributed by atoms with E-state index in [0.29, 0.717) is 23.2 Å². The SMILES string of the molecule is CC1OCCC1(O)CNS(=O)(=O)c1ccc(N)c(Br)c1. The standard InChI is InChI=1S/C12H17BrN2O4S/c1-8-12(16,4-5-19-8)7-15-20(17,18)9-2-3-11(14)10(13)6-9/h2-3,6,8,15-16H,4-5,7,14H2,1H3. The van der Waals surface area contributed by atoms with E-state index in [4.69, 9.17) is 10.5 Å². The number of anilines is 1. The zero-order valence-corrected chi connectivity index (χ0v) is 13.4. The predicted octanol–water partition coefficient (Wildman–Crippen LogP) is 0.849. The van der Waals surface area contributed by atoms with E-state index < -0.39 is 21.7 Å². The average Bonchev–Trinajstić information content (AvgIpc) is 2.71. The Balaban J connectivity index is 2.13. The van der Waals surface area contributed by atoms with Crippen LogP contribution >= 0.6 is 15.9 Å². The second kappa shape index (κ2) is 5.61. The minimum absolute atomic E-state index is 0.0848. The normalized spacial score (nSPS) is 26.9. The van der Waals surface area contributed by atoms with Gasteiger partial charge in [-0.25, -0.2) is 13.1 Å². The Bertz CT molecular complexity index is 607. The van der Waals surface area contributed by atoms with Crippen LogP contribution in [0.3, 0.4) is 0 Å². The van der Waals surface area contributed by atoms with E-state index in [1.165, 1.54) is 18.2 Å². The molecule has 1 aromatic rings. The van der Waals surface area contributed by atoms with Crippen LogP contribution in [0.15, 0.2) is 27.6 Å². The predicted molar refractivity (Wildman–Crippen MR) is 78.7 cm³/mol. The highest BCUT2D eigenvalue weighted by molar-refractivity contribution is 9.10. The van der Waals surface area contributed by atoms with Gasteiger partial charge in [0.2, 0.25) is 10.0 Å². The van der Waals surface area contributed by atoms with Gasteiger partial charge in [0.1, 0.15) is 5.60 Å².